The molecule has 4 nitrogen and oxygen atoms in total. The highest BCUT2D eigenvalue weighted by Crippen LogP contribution is 2.44. The first-order valence-electron chi connectivity index (χ1n) is 6.38. The molecule has 0 bridgehead atoms. The fourth-order valence-electron chi connectivity index (χ4n) is 2.96. The number of likely N-dealkylation sites (tertiary alicyclic amines) is 1. The second kappa shape index (κ2) is 4.14. The van der Waals surface area contributed by atoms with Gasteiger partial charge in [0.15, 0.2) is 11.5 Å². The normalized spacial score (nSPS) is 31.2. The minimum Gasteiger partial charge on any atom is -0.493 e. The molecule has 2 aliphatic heterocycles. The molecule has 1 fully saturated rings. The van der Waals surface area contributed by atoms with Crippen molar-refractivity contribution < 1.29 is 14.6 Å². The Morgan fingerprint density at radius 2 is 2.33 bits per heavy atom. The van der Waals surface area contributed by atoms with Crippen molar-refractivity contribution in [2.45, 2.75) is 18.6 Å². The molecular weight excluding hydrogens is 230 g/mol. The van der Waals surface area contributed by atoms with Gasteiger partial charge in [0.25, 0.3) is 0 Å². The maximum absolute atomic E-state index is 10.7. The number of hydrogen-bond donors (Lipinski definition) is 1. The predicted octanol–water partition coefficient (Wildman–Crippen LogP) is 1.27. The van der Waals surface area contributed by atoms with E-state index in [-0.39, 0.29) is 5.92 Å². The quantitative estimate of drug-likeness (QED) is 0.814. The molecule has 0 aromatic heterocycles. The summed E-state index contributed by atoms with van der Waals surface area (Å²) in [5, 5.41) is 10.7. The zero-order valence-electron chi connectivity index (χ0n) is 10.8. The maximum Gasteiger partial charge on any atom is 0.213 e. The fraction of sp³-hybridized carbons (Fsp3) is 0.571. The molecule has 0 spiro atoms. The molecule has 0 radical (unpaired) electrons. The first-order valence-corrected chi connectivity index (χ1v) is 6.38. The van der Waals surface area contributed by atoms with Gasteiger partial charge in [-0.1, -0.05) is 12.1 Å². The third kappa shape index (κ3) is 1.76. The number of rotatable bonds is 1. The molecule has 98 valence electrons. The molecule has 0 unspecified atom stereocenters. The summed E-state index contributed by atoms with van der Waals surface area (Å²) in [5.74, 6) is 0.520. The van der Waals surface area contributed by atoms with Crippen LogP contribution < -0.4 is 9.47 Å². The lowest BCUT2D eigenvalue weighted by molar-refractivity contribution is -0.212. The lowest BCUT2D eigenvalue weighted by atomic mass is 9.83. The van der Waals surface area contributed by atoms with Crippen LogP contribution in [0.1, 0.15) is 12.0 Å². The zero-order valence-corrected chi connectivity index (χ0v) is 10.8. The molecular formula is C14H19NO3. The number of para-hydroxylation sites is 1. The van der Waals surface area contributed by atoms with Gasteiger partial charge in [-0.15, -0.1) is 0 Å². The van der Waals surface area contributed by atoms with Gasteiger partial charge in [0.2, 0.25) is 5.79 Å². The molecule has 4 heteroatoms. The van der Waals surface area contributed by atoms with Crippen LogP contribution in [-0.2, 0) is 6.42 Å². The summed E-state index contributed by atoms with van der Waals surface area (Å²) in [7, 11) is 3.71. The summed E-state index contributed by atoms with van der Waals surface area (Å²) >= 11 is 0. The standard InChI is InChI=1S/C14H19NO3/c1-15-7-6-14(16)11(9-15)8-10-4-3-5-12(17-2)13(10)18-14/h3-5,11,16H,6-9H2,1-2H3/t11-,14+/m1/s1. The van der Waals surface area contributed by atoms with E-state index in [1.807, 2.05) is 18.2 Å². The first kappa shape index (κ1) is 11.8. The highest BCUT2D eigenvalue weighted by molar-refractivity contribution is 5.48. The minimum atomic E-state index is -1.03. The van der Waals surface area contributed by atoms with Crippen LogP contribution in [0.25, 0.3) is 0 Å². The Morgan fingerprint density at radius 3 is 3.11 bits per heavy atom. The monoisotopic (exact) mass is 249 g/mol. The van der Waals surface area contributed by atoms with Gasteiger partial charge < -0.3 is 19.5 Å². The van der Waals surface area contributed by atoms with Gasteiger partial charge in [0.05, 0.1) is 7.11 Å². The Hall–Kier alpha value is -1.26. The van der Waals surface area contributed by atoms with E-state index in [4.69, 9.17) is 9.47 Å². The van der Waals surface area contributed by atoms with E-state index in [1.165, 1.54) is 0 Å². The molecule has 0 amide bonds. The number of methoxy groups -OCH3 is 1. The molecule has 2 aliphatic rings. The predicted molar refractivity (Wildman–Crippen MR) is 67.9 cm³/mol. The topological polar surface area (TPSA) is 41.9 Å². The van der Waals surface area contributed by atoms with Crippen molar-refractivity contribution in [1.82, 2.24) is 4.90 Å². The second-order valence-corrected chi connectivity index (χ2v) is 5.31. The van der Waals surface area contributed by atoms with Crippen LogP contribution in [0.2, 0.25) is 0 Å². The van der Waals surface area contributed by atoms with Crippen molar-refractivity contribution in [1.29, 1.82) is 0 Å². The van der Waals surface area contributed by atoms with Crippen LogP contribution >= 0.6 is 0 Å². The maximum atomic E-state index is 10.7. The van der Waals surface area contributed by atoms with Crippen LogP contribution in [0.15, 0.2) is 18.2 Å². The number of aliphatic hydroxyl groups is 1. The molecule has 1 aromatic rings. The van der Waals surface area contributed by atoms with Gasteiger partial charge in [-0.25, -0.2) is 0 Å². The number of fused-ring (bicyclic) bond motifs is 2. The van der Waals surface area contributed by atoms with Crippen molar-refractivity contribution in [2.24, 2.45) is 5.92 Å². The van der Waals surface area contributed by atoms with Crippen LogP contribution in [0.5, 0.6) is 11.5 Å². The van der Waals surface area contributed by atoms with Crippen LogP contribution in [-0.4, -0.2) is 43.0 Å². The van der Waals surface area contributed by atoms with Gasteiger partial charge in [-0.05, 0) is 25.1 Å². The summed E-state index contributed by atoms with van der Waals surface area (Å²) in [4.78, 5) is 2.24. The smallest absolute Gasteiger partial charge is 0.213 e. The second-order valence-electron chi connectivity index (χ2n) is 5.31. The zero-order chi connectivity index (χ0) is 12.8. The molecule has 18 heavy (non-hydrogen) atoms. The largest absolute Gasteiger partial charge is 0.493 e. The van der Waals surface area contributed by atoms with Crippen molar-refractivity contribution in [3.8, 4) is 11.5 Å². The average Bonchev–Trinajstić information content (AvgIpc) is 2.36. The molecule has 0 saturated carbocycles. The van der Waals surface area contributed by atoms with Crippen molar-refractivity contribution in [3.63, 3.8) is 0 Å². The minimum absolute atomic E-state index is 0.135. The molecule has 3 rings (SSSR count). The summed E-state index contributed by atoms with van der Waals surface area (Å²) in [6, 6.07) is 5.89. The van der Waals surface area contributed by atoms with E-state index in [9.17, 15) is 5.11 Å². The fourth-order valence-corrected chi connectivity index (χ4v) is 2.96. The van der Waals surface area contributed by atoms with Crippen molar-refractivity contribution >= 4 is 0 Å². The Balaban J connectivity index is 1.98. The van der Waals surface area contributed by atoms with E-state index in [2.05, 4.69) is 11.9 Å². The highest BCUT2D eigenvalue weighted by Gasteiger charge is 2.46. The number of benzene rings is 1. The molecule has 2 atom stereocenters. The Kier molecular flexibility index (Phi) is 2.72. The van der Waals surface area contributed by atoms with Gasteiger partial charge in [0.1, 0.15) is 0 Å². The van der Waals surface area contributed by atoms with E-state index >= 15 is 0 Å². The number of nitrogens with zero attached hydrogens (tertiary/aromatic N) is 1. The third-order valence-corrected chi connectivity index (χ3v) is 4.05. The van der Waals surface area contributed by atoms with Crippen LogP contribution in [0.4, 0.5) is 0 Å². The van der Waals surface area contributed by atoms with E-state index in [0.29, 0.717) is 17.9 Å². The van der Waals surface area contributed by atoms with E-state index < -0.39 is 5.79 Å². The number of piperidine rings is 1. The van der Waals surface area contributed by atoms with Crippen LogP contribution in [0, 0.1) is 5.92 Å². The van der Waals surface area contributed by atoms with E-state index in [1.54, 1.807) is 7.11 Å². The highest BCUT2D eigenvalue weighted by atomic mass is 16.6. The molecule has 1 N–H and O–H groups in total. The molecule has 0 aliphatic carbocycles. The van der Waals surface area contributed by atoms with Gasteiger partial charge in [0, 0.05) is 25.4 Å². The number of hydrogen-bond acceptors (Lipinski definition) is 4. The lowest BCUT2D eigenvalue weighted by Gasteiger charge is -2.46. The Labute approximate surface area is 107 Å². The summed E-state index contributed by atoms with van der Waals surface area (Å²) in [6.45, 7) is 1.73. The number of ether oxygens (including phenoxy) is 2. The molecule has 1 aromatic carbocycles. The van der Waals surface area contributed by atoms with Gasteiger partial charge >= 0.3 is 0 Å². The SMILES string of the molecule is COc1cccc2c1O[C@@]1(O)CCN(C)C[C@H]1C2. The van der Waals surface area contributed by atoms with E-state index in [0.717, 1.165) is 25.1 Å². The molecule has 1 saturated heterocycles. The van der Waals surface area contributed by atoms with Crippen molar-refractivity contribution in [2.75, 3.05) is 27.2 Å². The Bertz CT molecular complexity index is 462. The first-order chi connectivity index (χ1) is 8.62. The summed E-state index contributed by atoms with van der Waals surface area (Å²) in [5.41, 5.74) is 1.12. The summed E-state index contributed by atoms with van der Waals surface area (Å²) in [6.07, 6.45) is 1.49. The average molecular weight is 249 g/mol. The molecule has 2 heterocycles. The third-order valence-electron chi connectivity index (χ3n) is 4.05. The van der Waals surface area contributed by atoms with Gasteiger partial charge in [-0.3, -0.25) is 0 Å². The van der Waals surface area contributed by atoms with Crippen LogP contribution in [0.3, 0.4) is 0 Å². The van der Waals surface area contributed by atoms with Gasteiger partial charge in [-0.2, -0.15) is 0 Å². The summed E-state index contributed by atoms with van der Waals surface area (Å²) < 4.78 is 11.2. The Morgan fingerprint density at radius 1 is 1.50 bits per heavy atom. The van der Waals surface area contributed by atoms with Crippen molar-refractivity contribution in [3.05, 3.63) is 23.8 Å². The lowest BCUT2D eigenvalue weighted by Crippen LogP contribution is -2.56.